The Labute approximate surface area is 348 Å². The zero-order valence-corrected chi connectivity index (χ0v) is 33.2. The highest BCUT2D eigenvalue weighted by atomic mass is 16.1. The standard InChI is InChI=1S/C58H39NO/c1-58-49-32-26-36-11-3-6-14-43(36)53(49)47-30-24-35-10-2-7-15-44(35)54(47)51(58)34-50(58)39-18-20-40(21-19-39)57(60)41-22-28-42(29-23-41)59-52-33-27-37-12-4-8-16-45(37)55(52)48-31-25-38-13-5-9-17-46(38)56(48)59/h2-33,50-51H,34H2,1H3. The normalized spacial score (nSPS) is 18.1. The van der Waals surface area contributed by atoms with Crippen LogP contribution < -0.4 is 0 Å². The van der Waals surface area contributed by atoms with E-state index in [4.69, 9.17) is 0 Å². The number of nitrogens with zero attached hydrogens (tertiary/aromatic N) is 1. The third-order valence-electron chi connectivity index (χ3n) is 14.5. The Balaban J connectivity index is 0.866. The van der Waals surface area contributed by atoms with Crippen LogP contribution in [0, 0.1) is 0 Å². The first-order valence-electron chi connectivity index (χ1n) is 21.2. The van der Waals surface area contributed by atoms with E-state index in [1.165, 1.54) is 87.2 Å². The van der Waals surface area contributed by atoms with Crippen molar-refractivity contribution < 1.29 is 4.79 Å². The third-order valence-corrected chi connectivity index (χ3v) is 14.5. The van der Waals surface area contributed by atoms with Gasteiger partial charge in [0.05, 0.1) is 11.0 Å². The van der Waals surface area contributed by atoms with Crippen molar-refractivity contribution in [3.05, 3.63) is 222 Å². The number of benzene rings is 10. The number of carbonyl (C=O) groups excluding carboxylic acids is 1. The second-order valence-electron chi connectivity index (χ2n) is 17.3. The highest BCUT2D eigenvalue weighted by Gasteiger charge is 2.57. The van der Waals surface area contributed by atoms with E-state index < -0.39 is 0 Å². The maximum atomic E-state index is 14.2. The second kappa shape index (κ2) is 12.4. The number of hydrogen-bond donors (Lipinski definition) is 0. The van der Waals surface area contributed by atoms with Gasteiger partial charge in [0, 0.05) is 38.4 Å². The zero-order chi connectivity index (χ0) is 39.7. The first kappa shape index (κ1) is 33.7. The number of rotatable bonds is 4. The SMILES string of the molecule is CC12c3ccc4ccccc4c3-c3ccc4ccccc4c3C1CC2c1ccc(C(=O)c2ccc(-n3c4ccc5ccccc5c4c4ccc5ccccc5c43)cc2)cc1. The van der Waals surface area contributed by atoms with Gasteiger partial charge < -0.3 is 4.57 Å². The molecule has 0 N–H and O–H groups in total. The molecule has 3 unspecified atom stereocenters. The maximum Gasteiger partial charge on any atom is 0.193 e. The van der Waals surface area contributed by atoms with Crippen molar-refractivity contribution in [3.8, 4) is 16.8 Å². The van der Waals surface area contributed by atoms with Crippen LogP contribution in [0.3, 0.4) is 0 Å². The molecular formula is C58H39NO. The summed E-state index contributed by atoms with van der Waals surface area (Å²) in [7, 11) is 0. The Hall–Kier alpha value is -7.29. The first-order valence-corrected chi connectivity index (χ1v) is 21.2. The highest BCUT2D eigenvalue weighted by molar-refractivity contribution is 6.26. The fourth-order valence-corrected chi connectivity index (χ4v) is 11.6. The molecule has 0 aliphatic heterocycles. The third kappa shape index (κ3) is 4.51. The van der Waals surface area contributed by atoms with E-state index in [1.54, 1.807) is 0 Å². The molecule has 2 heteroatoms. The summed E-state index contributed by atoms with van der Waals surface area (Å²) >= 11 is 0. The summed E-state index contributed by atoms with van der Waals surface area (Å²) in [6.07, 6.45) is 1.08. The minimum atomic E-state index is -0.0811. The number of aromatic nitrogens is 1. The Morgan fingerprint density at radius 3 is 1.78 bits per heavy atom. The molecule has 0 amide bonds. The molecule has 0 saturated heterocycles. The first-order chi connectivity index (χ1) is 29.6. The van der Waals surface area contributed by atoms with Crippen LogP contribution in [0.25, 0.3) is 81.7 Å². The Bertz CT molecular complexity index is 3610. The van der Waals surface area contributed by atoms with Crippen LogP contribution in [0.2, 0.25) is 0 Å². The van der Waals surface area contributed by atoms with Gasteiger partial charge in [0.2, 0.25) is 0 Å². The molecule has 3 atom stereocenters. The topological polar surface area (TPSA) is 22.0 Å². The van der Waals surface area contributed by atoms with E-state index in [2.05, 4.69) is 193 Å². The van der Waals surface area contributed by atoms with E-state index in [-0.39, 0.29) is 11.2 Å². The summed E-state index contributed by atoms with van der Waals surface area (Å²) in [5.41, 5.74) is 11.7. The molecular weight excluding hydrogens is 727 g/mol. The van der Waals surface area contributed by atoms with Crippen LogP contribution in [-0.4, -0.2) is 10.4 Å². The number of carbonyl (C=O) groups is 1. The fourth-order valence-electron chi connectivity index (χ4n) is 11.6. The number of fused-ring (bicyclic) bond motifs is 17. The molecule has 10 aromatic carbocycles. The van der Waals surface area contributed by atoms with Gasteiger partial charge in [-0.3, -0.25) is 4.79 Å². The van der Waals surface area contributed by atoms with E-state index in [0.29, 0.717) is 23.0 Å². The minimum Gasteiger partial charge on any atom is -0.309 e. The van der Waals surface area contributed by atoms with Crippen molar-refractivity contribution in [1.82, 2.24) is 4.57 Å². The van der Waals surface area contributed by atoms with Gasteiger partial charge in [0.25, 0.3) is 0 Å². The molecule has 2 nitrogen and oxygen atoms in total. The fraction of sp³-hybridized carbons (Fsp3) is 0.0862. The molecule has 1 saturated carbocycles. The van der Waals surface area contributed by atoms with Gasteiger partial charge in [0.15, 0.2) is 5.78 Å². The molecule has 1 aromatic heterocycles. The molecule has 2 aliphatic carbocycles. The maximum absolute atomic E-state index is 14.2. The van der Waals surface area contributed by atoms with Gasteiger partial charge >= 0.3 is 0 Å². The van der Waals surface area contributed by atoms with Crippen LogP contribution in [0.15, 0.2) is 194 Å². The van der Waals surface area contributed by atoms with Gasteiger partial charge in [-0.25, -0.2) is 0 Å². The second-order valence-corrected chi connectivity index (χ2v) is 17.3. The monoisotopic (exact) mass is 765 g/mol. The zero-order valence-electron chi connectivity index (χ0n) is 33.2. The minimum absolute atomic E-state index is 0.0411. The molecule has 1 heterocycles. The lowest BCUT2D eigenvalue weighted by Gasteiger charge is -2.59. The predicted octanol–water partition coefficient (Wildman–Crippen LogP) is 14.8. The van der Waals surface area contributed by atoms with Crippen molar-refractivity contribution in [2.75, 3.05) is 0 Å². The molecule has 1 fully saturated rings. The summed E-state index contributed by atoms with van der Waals surface area (Å²) in [5.74, 6) is 0.778. The Kier molecular flexibility index (Phi) is 6.94. The van der Waals surface area contributed by atoms with Crippen LogP contribution in [0.4, 0.5) is 0 Å². The van der Waals surface area contributed by atoms with Crippen molar-refractivity contribution in [3.63, 3.8) is 0 Å². The largest absolute Gasteiger partial charge is 0.309 e. The van der Waals surface area contributed by atoms with Gasteiger partial charge in [-0.05, 0) is 114 Å². The molecule has 282 valence electrons. The van der Waals surface area contributed by atoms with Crippen molar-refractivity contribution in [2.24, 2.45) is 0 Å². The molecule has 11 aromatic rings. The van der Waals surface area contributed by atoms with Gasteiger partial charge in [0.1, 0.15) is 0 Å². The Morgan fingerprint density at radius 2 is 1.05 bits per heavy atom. The summed E-state index contributed by atoms with van der Waals surface area (Å²) in [6, 6.07) is 70.1. The van der Waals surface area contributed by atoms with Gasteiger partial charge in [-0.1, -0.05) is 171 Å². The smallest absolute Gasteiger partial charge is 0.193 e. The summed E-state index contributed by atoms with van der Waals surface area (Å²) in [4.78, 5) is 14.2. The van der Waals surface area contributed by atoms with Gasteiger partial charge in [-0.15, -0.1) is 0 Å². The van der Waals surface area contributed by atoms with Crippen LogP contribution in [0.1, 0.15) is 57.8 Å². The Morgan fingerprint density at radius 1 is 0.500 bits per heavy atom. The van der Waals surface area contributed by atoms with Gasteiger partial charge in [-0.2, -0.15) is 0 Å². The molecule has 2 aliphatic rings. The lowest BCUT2D eigenvalue weighted by molar-refractivity contribution is 0.103. The predicted molar refractivity (Wildman–Crippen MR) is 250 cm³/mol. The van der Waals surface area contributed by atoms with E-state index in [1.807, 2.05) is 12.1 Å². The number of ketones is 1. The molecule has 0 bridgehead atoms. The molecule has 13 rings (SSSR count). The molecule has 0 radical (unpaired) electrons. The van der Waals surface area contributed by atoms with Crippen molar-refractivity contribution in [1.29, 1.82) is 0 Å². The number of hydrogen-bond acceptors (Lipinski definition) is 1. The quantitative estimate of drug-likeness (QED) is 0.164. The molecule has 60 heavy (non-hydrogen) atoms. The van der Waals surface area contributed by atoms with E-state index in [0.717, 1.165) is 17.6 Å². The van der Waals surface area contributed by atoms with Crippen molar-refractivity contribution in [2.45, 2.75) is 30.6 Å². The molecule has 0 spiro atoms. The average molecular weight is 766 g/mol. The summed E-state index contributed by atoms with van der Waals surface area (Å²) in [5, 5.41) is 12.7. The lowest BCUT2D eigenvalue weighted by atomic mass is 9.44. The lowest BCUT2D eigenvalue weighted by Crippen LogP contribution is -2.49. The van der Waals surface area contributed by atoms with Crippen LogP contribution in [-0.2, 0) is 5.41 Å². The van der Waals surface area contributed by atoms with Crippen LogP contribution in [0.5, 0.6) is 0 Å². The van der Waals surface area contributed by atoms with Crippen molar-refractivity contribution >= 4 is 70.7 Å². The van der Waals surface area contributed by atoms with E-state index >= 15 is 0 Å². The van der Waals surface area contributed by atoms with E-state index in [9.17, 15) is 4.79 Å². The summed E-state index contributed by atoms with van der Waals surface area (Å²) in [6.45, 7) is 2.49. The highest BCUT2D eigenvalue weighted by Crippen LogP contribution is 2.69. The average Bonchev–Trinajstić information content (AvgIpc) is 3.66. The summed E-state index contributed by atoms with van der Waals surface area (Å²) < 4.78 is 2.38. The van der Waals surface area contributed by atoms with Crippen LogP contribution >= 0.6 is 0 Å².